The maximum absolute atomic E-state index is 13.5. The third-order valence-corrected chi connectivity index (χ3v) is 2.85. The Labute approximate surface area is 119 Å². The van der Waals surface area contributed by atoms with Crippen LogP contribution in [-0.2, 0) is 6.42 Å². The zero-order valence-corrected chi connectivity index (χ0v) is 11.0. The third kappa shape index (κ3) is 3.82. The highest BCUT2D eigenvalue weighted by Gasteiger charge is 2.16. The van der Waals surface area contributed by atoms with Crippen LogP contribution in [-0.4, -0.2) is 22.4 Å². The van der Waals surface area contributed by atoms with Crippen molar-refractivity contribution in [3.05, 3.63) is 69.8 Å². The van der Waals surface area contributed by atoms with E-state index in [1.807, 2.05) is 0 Å². The smallest absolute Gasteiger partial charge is 0.270 e. The van der Waals surface area contributed by atoms with Gasteiger partial charge in [-0.1, -0.05) is 0 Å². The number of nitrogens with zero attached hydrogens (tertiary/aromatic N) is 2. The zero-order chi connectivity index (χ0) is 15.2. The Bertz CT molecular complexity index is 662. The average molecular weight is 289 g/mol. The average Bonchev–Trinajstić information content (AvgIpc) is 2.48. The van der Waals surface area contributed by atoms with E-state index in [9.17, 15) is 19.3 Å². The van der Waals surface area contributed by atoms with Crippen molar-refractivity contribution in [3.63, 3.8) is 0 Å². The van der Waals surface area contributed by atoms with Gasteiger partial charge in [-0.3, -0.25) is 19.9 Å². The van der Waals surface area contributed by atoms with Crippen LogP contribution in [0, 0.1) is 15.9 Å². The van der Waals surface area contributed by atoms with Gasteiger partial charge in [0.25, 0.3) is 11.6 Å². The number of nitro benzene ring substituents is 1. The second-order valence-corrected chi connectivity index (χ2v) is 4.28. The summed E-state index contributed by atoms with van der Waals surface area (Å²) >= 11 is 0. The molecule has 0 radical (unpaired) electrons. The molecule has 21 heavy (non-hydrogen) atoms. The Morgan fingerprint density at radius 1 is 1.29 bits per heavy atom. The van der Waals surface area contributed by atoms with Gasteiger partial charge in [0.2, 0.25) is 0 Å². The lowest BCUT2D eigenvalue weighted by Crippen LogP contribution is -2.26. The lowest BCUT2D eigenvalue weighted by Gasteiger charge is -2.06. The van der Waals surface area contributed by atoms with E-state index in [1.165, 1.54) is 0 Å². The van der Waals surface area contributed by atoms with Gasteiger partial charge in [0.15, 0.2) is 0 Å². The van der Waals surface area contributed by atoms with Crippen LogP contribution in [0.2, 0.25) is 0 Å². The first kappa shape index (κ1) is 14.6. The fourth-order valence-electron chi connectivity index (χ4n) is 1.77. The SMILES string of the molecule is O=C(NCCc1ccncc1)c1cc([N+](=O)[O-])ccc1F. The van der Waals surface area contributed by atoms with Crippen molar-refractivity contribution in [2.75, 3.05) is 6.54 Å². The first-order valence-electron chi connectivity index (χ1n) is 6.19. The van der Waals surface area contributed by atoms with Gasteiger partial charge in [0.05, 0.1) is 10.5 Å². The molecule has 0 aliphatic heterocycles. The molecule has 6 nitrogen and oxygen atoms in total. The number of benzene rings is 1. The van der Waals surface area contributed by atoms with Crippen LogP contribution < -0.4 is 5.32 Å². The number of halogens is 1. The van der Waals surface area contributed by atoms with Gasteiger partial charge >= 0.3 is 0 Å². The first-order chi connectivity index (χ1) is 10.1. The largest absolute Gasteiger partial charge is 0.352 e. The second-order valence-electron chi connectivity index (χ2n) is 4.28. The summed E-state index contributed by atoms with van der Waals surface area (Å²) in [5, 5.41) is 13.2. The van der Waals surface area contributed by atoms with Crippen LogP contribution in [0.15, 0.2) is 42.7 Å². The predicted octanol–water partition coefficient (Wildman–Crippen LogP) is 2.10. The van der Waals surface area contributed by atoms with Gasteiger partial charge in [0.1, 0.15) is 5.82 Å². The van der Waals surface area contributed by atoms with Crippen molar-refractivity contribution in [1.82, 2.24) is 10.3 Å². The minimum atomic E-state index is -0.790. The van der Waals surface area contributed by atoms with Crippen LogP contribution in [0.1, 0.15) is 15.9 Å². The number of non-ortho nitro benzene ring substituents is 1. The normalized spacial score (nSPS) is 10.1. The number of hydrogen-bond acceptors (Lipinski definition) is 4. The molecule has 7 heteroatoms. The van der Waals surface area contributed by atoms with Crippen molar-refractivity contribution in [2.45, 2.75) is 6.42 Å². The van der Waals surface area contributed by atoms with Gasteiger partial charge < -0.3 is 5.32 Å². The first-order valence-corrected chi connectivity index (χ1v) is 6.19. The van der Waals surface area contributed by atoms with Crippen molar-refractivity contribution >= 4 is 11.6 Å². The molecule has 0 saturated heterocycles. The fourth-order valence-corrected chi connectivity index (χ4v) is 1.77. The molecule has 108 valence electrons. The Balaban J connectivity index is 2.00. The number of aromatic nitrogens is 1. The second kappa shape index (κ2) is 6.56. The highest BCUT2D eigenvalue weighted by atomic mass is 19.1. The van der Waals surface area contributed by atoms with Crippen molar-refractivity contribution < 1.29 is 14.1 Å². The lowest BCUT2D eigenvalue weighted by molar-refractivity contribution is -0.384. The summed E-state index contributed by atoms with van der Waals surface area (Å²) in [6, 6.07) is 6.47. The number of hydrogen-bond donors (Lipinski definition) is 1. The molecular formula is C14H12FN3O3. The summed E-state index contributed by atoms with van der Waals surface area (Å²) in [5.41, 5.74) is 0.319. The number of rotatable bonds is 5. The van der Waals surface area contributed by atoms with Crippen LogP contribution in [0.25, 0.3) is 0 Å². The molecule has 0 fully saturated rings. The van der Waals surface area contributed by atoms with E-state index >= 15 is 0 Å². The van der Waals surface area contributed by atoms with Crippen molar-refractivity contribution in [3.8, 4) is 0 Å². The Hall–Kier alpha value is -2.83. The standard InChI is InChI=1S/C14H12FN3O3/c15-13-2-1-11(18(20)21)9-12(13)14(19)17-8-5-10-3-6-16-7-4-10/h1-4,6-7,9H,5,8H2,(H,17,19). The van der Waals surface area contributed by atoms with Crippen LogP contribution in [0.4, 0.5) is 10.1 Å². The quantitative estimate of drug-likeness (QED) is 0.674. The highest BCUT2D eigenvalue weighted by Crippen LogP contribution is 2.16. The molecule has 0 unspecified atom stereocenters. The predicted molar refractivity (Wildman–Crippen MR) is 73.3 cm³/mol. The molecule has 2 aromatic rings. The van der Waals surface area contributed by atoms with Gasteiger partial charge in [0, 0.05) is 31.1 Å². The van der Waals surface area contributed by atoms with Gasteiger partial charge in [-0.2, -0.15) is 0 Å². The Kier molecular flexibility index (Phi) is 4.55. The van der Waals surface area contributed by atoms with E-state index < -0.39 is 16.6 Å². The van der Waals surface area contributed by atoms with E-state index in [-0.39, 0.29) is 11.3 Å². The van der Waals surface area contributed by atoms with E-state index in [1.54, 1.807) is 24.5 Å². The topological polar surface area (TPSA) is 85.1 Å². The Morgan fingerprint density at radius 2 is 2.00 bits per heavy atom. The molecule has 1 heterocycles. The molecule has 1 aromatic carbocycles. The van der Waals surface area contributed by atoms with Crippen molar-refractivity contribution in [2.24, 2.45) is 0 Å². The Morgan fingerprint density at radius 3 is 2.67 bits per heavy atom. The van der Waals surface area contributed by atoms with Gasteiger partial charge in [-0.05, 0) is 30.2 Å². The van der Waals surface area contributed by atoms with E-state index in [0.29, 0.717) is 13.0 Å². The summed E-state index contributed by atoms with van der Waals surface area (Å²) in [5.74, 6) is -1.47. The number of nitro groups is 1. The van der Waals surface area contributed by atoms with Crippen LogP contribution in [0.3, 0.4) is 0 Å². The fraction of sp³-hybridized carbons (Fsp3) is 0.143. The third-order valence-electron chi connectivity index (χ3n) is 2.85. The molecule has 1 amide bonds. The number of nitrogens with one attached hydrogen (secondary N) is 1. The van der Waals surface area contributed by atoms with Crippen molar-refractivity contribution in [1.29, 1.82) is 0 Å². The maximum atomic E-state index is 13.5. The molecule has 0 aliphatic carbocycles. The highest BCUT2D eigenvalue weighted by molar-refractivity contribution is 5.95. The summed E-state index contributed by atoms with van der Waals surface area (Å²) in [6.07, 6.45) is 3.83. The van der Waals surface area contributed by atoms with E-state index in [4.69, 9.17) is 0 Å². The molecule has 0 aliphatic rings. The molecule has 0 saturated carbocycles. The summed E-state index contributed by atoms with van der Waals surface area (Å²) in [6.45, 7) is 0.297. The molecule has 0 bridgehead atoms. The minimum absolute atomic E-state index is 0.297. The van der Waals surface area contributed by atoms with E-state index in [2.05, 4.69) is 10.3 Å². The minimum Gasteiger partial charge on any atom is -0.352 e. The molecular weight excluding hydrogens is 277 g/mol. The zero-order valence-electron chi connectivity index (χ0n) is 11.0. The van der Waals surface area contributed by atoms with Gasteiger partial charge in [-0.25, -0.2) is 4.39 Å². The molecule has 0 spiro atoms. The number of amides is 1. The van der Waals surface area contributed by atoms with Gasteiger partial charge in [-0.15, -0.1) is 0 Å². The monoisotopic (exact) mass is 289 g/mol. The number of pyridine rings is 1. The summed E-state index contributed by atoms with van der Waals surface area (Å²) in [4.78, 5) is 25.7. The molecule has 1 aromatic heterocycles. The molecule has 1 N–H and O–H groups in total. The van der Waals surface area contributed by atoms with Crippen LogP contribution >= 0.6 is 0 Å². The van der Waals surface area contributed by atoms with E-state index in [0.717, 1.165) is 23.8 Å². The lowest BCUT2D eigenvalue weighted by atomic mass is 10.1. The number of carbonyl (C=O) groups is 1. The summed E-state index contributed by atoms with van der Waals surface area (Å²) in [7, 11) is 0. The van der Waals surface area contributed by atoms with Crippen LogP contribution in [0.5, 0.6) is 0 Å². The maximum Gasteiger partial charge on any atom is 0.270 e. The number of carbonyl (C=O) groups excluding carboxylic acids is 1. The summed E-state index contributed by atoms with van der Waals surface area (Å²) < 4.78 is 13.5. The molecule has 2 rings (SSSR count). The molecule has 0 atom stereocenters.